The number of rotatable bonds is 4. The summed E-state index contributed by atoms with van der Waals surface area (Å²) < 4.78 is 12.9. The van der Waals surface area contributed by atoms with Crippen molar-refractivity contribution in [1.29, 1.82) is 0 Å². The molecule has 0 saturated carbocycles. The summed E-state index contributed by atoms with van der Waals surface area (Å²) in [4.78, 5) is 1.95. The minimum Gasteiger partial charge on any atom is -0.325 e. The molecule has 0 aliphatic rings. The second-order valence-corrected chi connectivity index (χ2v) is 4.00. The minimum atomic E-state index is -0.252. The first-order valence-electron chi connectivity index (χ1n) is 5.66. The lowest BCUT2D eigenvalue weighted by Gasteiger charge is -2.21. The van der Waals surface area contributed by atoms with Crippen LogP contribution in [0.15, 0.2) is 36.4 Å². The van der Waals surface area contributed by atoms with Gasteiger partial charge in [-0.2, -0.15) is 5.10 Å². The van der Waals surface area contributed by atoms with Crippen molar-refractivity contribution < 1.29 is 4.39 Å². The van der Waals surface area contributed by atoms with E-state index in [2.05, 4.69) is 10.2 Å². The number of aromatic nitrogens is 2. The number of nitrogens with zero attached hydrogens (tertiary/aromatic N) is 3. The molecular formula is C13H13ClFN3. The fraction of sp³-hybridized carbons (Fsp3) is 0.231. The molecule has 0 bridgehead atoms. The Morgan fingerprint density at radius 2 is 1.83 bits per heavy atom. The number of anilines is 2. The van der Waals surface area contributed by atoms with E-state index in [9.17, 15) is 4.39 Å². The second-order valence-electron chi connectivity index (χ2n) is 3.74. The third-order valence-electron chi connectivity index (χ3n) is 2.57. The smallest absolute Gasteiger partial charge is 0.155 e. The van der Waals surface area contributed by atoms with Crippen LogP contribution in [0.4, 0.5) is 15.9 Å². The number of hydrogen-bond acceptors (Lipinski definition) is 3. The van der Waals surface area contributed by atoms with E-state index in [1.165, 1.54) is 12.1 Å². The average Bonchev–Trinajstić information content (AvgIpc) is 2.42. The molecule has 0 radical (unpaired) electrons. The monoisotopic (exact) mass is 265 g/mol. The fourth-order valence-corrected chi connectivity index (χ4v) is 1.81. The molecule has 0 amide bonds. The first-order valence-corrected chi connectivity index (χ1v) is 6.19. The quantitative estimate of drug-likeness (QED) is 0.792. The molecule has 1 aromatic heterocycles. The Labute approximate surface area is 110 Å². The van der Waals surface area contributed by atoms with Gasteiger partial charge in [-0.15, -0.1) is 16.7 Å². The van der Waals surface area contributed by atoms with Gasteiger partial charge in [0.15, 0.2) is 5.82 Å². The van der Waals surface area contributed by atoms with E-state index in [0.29, 0.717) is 5.88 Å². The van der Waals surface area contributed by atoms with Crippen LogP contribution in [0, 0.1) is 5.82 Å². The van der Waals surface area contributed by atoms with Gasteiger partial charge in [-0.1, -0.05) is 0 Å². The molecule has 1 heterocycles. The van der Waals surface area contributed by atoms with E-state index in [1.807, 2.05) is 24.0 Å². The number of benzene rings is 1. The van der Waals surface area contributed by atoms with Crippen molar-refractivity contribution in [2.75, 3.05) is 11.4 Å². The molecule has 2 aromatic rings. The normalized spacial score (nSPS) is 10.4. The molecule has 5 heteroatoms. The van der Waals surface area contributed by atoms with Crippen LogP contribution in [0.3, 0.4) is 0 Å². The van der Waals surface area contributed by atoms with E-state index < -0.39 is 0 Å². The molecule has 2 rings (SSSR count). The van der Waals surface area contributed by atoms with Crippen LogP contribution in [0.5, 0.6) is 0 Å². The van der Waals surface area contributed by atoms with Gasteiger partial charge in [-0.25, -0.2) is 4.39 Å². The van der Waals surface area contributed by atoms with Gasteiger partial charge >= 0.3 is 0 Å². The molecule has 0 atom stereocenters. The predicted molar refractivity (Wildman–Crippen MR) is 70.7 cm³/mol. The van der Waals surface area contributed by atoms with Gasteiger partial charge in [0, 0.05) is 12.2 Å². The van der Waals surface area contributed by atoms with Crippen LogP contribution in [0.25, 0.3) is 0 Å². The van der Waals surface area contributed by atoms with Crippen molar-refractivity contribution in [1.82, 2.24) is 10.2 Å². The van der Waals surface area contributed by atoms with E-state index in [-0.39, 0.29) is 5.82 Å². The van der Waals surface area contributed by atoms with Crippen LogP contribution in [0.2, 0.25) is 0 Å². The standard InChI is InChI=1S/C13H13ClFN3/c1-2-18(12-6-3-10(15)4-7-12)13-8-5-11(9-14)16-17-13/h3-8H,2,9H2,1H3. The Morgan fingerprint density at radius 1 is 1.11 bits per heavy atom. The van der Waals surface area contributed by atoms with Gasteiger partial charge in [0.05, 0.1) is 11.6 Å². The Bertz CT molecular complexity index is 499. The van der Waals surface area contributed by atoms with Gasteiger partial charge in [-0.05, 0) is 43.3 Å². The summed E-state index contributed by atoms with van der Waals surface area (Å²) in [6, 6.07) is 9.99. The minimum absolute atomic E-state index is 0.252. The summed E-state index contributed by atoms with van der Waals surface area (Å²) in [6.07, 6.45) is 0. The molecule has 18 heavy (non-hydrogen) atoms. The molecule has 0 N–H and O–H groups in total. The van der Waals surface area contributed by atoms with E-state index in [0.717, 1.165) is 23.7 Å². The Balaban J connectivity index is 2.29. The Kier molecular flexibility index (Phi) is 4.10. The third-order valence-corrected chi connectivity index (χ3v) is 2.85. The van der Waals surface area contributed by atoms with Crippen LogP contribution in [-0.4, -0.2) is 16.7 Å². The maximum absolute atomic E-state index is 12.9. The van der Waals surface area contributed by atoms with Crippen LogP contribution >= 0.6 is 11.6 Å². The highest BCUT2D eigenvalue weighted by molar-refractivity contribution is 6.16. The van der Waals surface area contributed by atoms with Crippen molar-refractivity contribution in [3.63, 3.8) is 0 Å². The maximum atomic E-state index is 12.9. The highest BCUT2D eigenvalue weighted by Crippen LogP contribution is 2.22. The fourth-order valence-electron chi connectivity index (χ4n) is 1.67. The summed E-state index contributed by atoms with van der Waals surface area (Å²) in [5, 5.41) is 8.13. The molecule has 0 fully saturated rings. The van der Waals surface area contributed by atoms with Crippen molar-refractivity contribution >= 4 is 23.1 Å². The van der Waals surface area contributed by atoms with Gasteiger partial charge < -0.3 is 4.90 Å². The van der Waals surface area contributed by atoms with Crippen molar-refractivity contribution in [2.24, 2.45) is 0 Å². The average molecular weight is 266 g/mol. The molecule has 0 aliphatic carbocycles. The molecular weight excluding hydrogens is 253 g/mol. The predicted octanol–water partition coefficient (Wildman–Crippen LogP) is 3.51. The van der Waals surface area contributed by atoms with E-state index in [1.54, 1.807) is 12.1 Å². The van der Waals surface area contributed by atoms with Crippen molar-refractivity contribution in [3.05, 3.63) is 47.9 Å². The first-order chi connectivity index (χ1) is 8.74. The number of hydrogen-bond donors (Lipinski definition) is 0. The number of alkyl halides is 1. The zero-order valence-electron chi connectivity index (χ0n) is 9.98. The lowest BCUT2D eigenvalue weighted by Crippen LogP contribution is -2.17. The van der Waals surface area contributed by atoms with Gasteiger partial charge in [0.2, 0.25) is 0 Å². The van der Waals surface area contributed by atoms with Crippen LogP contribution in [-0.2, 0) is 5.88 Å². The highest BCUT2D eigenvalue weighted by Gasteiger charge is 2.09. The topological polar surface area (TPSA) is 29.0 Å². The Hall–Kier alpha value is -1.68. The summed E-state index contributed by atoms with van der Waals surface area (Å²) >= 11 is 5.67. The lowest BCUT2D eigenvalue weighted by molar-refractivity contribution is 0.627. The summed E-state index contributed by atoms with van der Waals surface area (Å²) in [5.41, 5.74) is 1.61. The first kappa shape index (κ1) is 12.8. The van der Waals surface area contributed by atoms with Gasteiger partial charge in [-0.3, -0.25) is 0 Å². The molecule has 0 saturated heterocycles. The van der Waals surface area contributed by atoms with Gasteiger partial charge in [0.1, 0.15) is 5.82 Å². The second kappa shape index (κ2) is 5.78. The van der Waals surface area contributed by atoms with Crippen LogP contribution in [0.1, 0.15) is 12.6 Å². The lowest BCUT2D eigenvalue weighted by atomic mass is 10.2. The molecule has 94 valence electrons. The zero-order chi connectivity index (χ0) is 13.0. The molecule has 0 aliphatic heterocycles. The molecule has 0 spiro atoms. The SMILES string of the molecule is CCN(c1ccc(F)cc1)c1ccc(CCl)nn1. The van der Waals surface area contributed by atoms with Gasteiger partial charge in [0.25, 0.3) is 0 Å². The summed E-state index contributed by atoms with van der Waals surface area (Å²) in [6.45, 7) is 2.72. The highest BCUT2D eigenvalue weighted by atomic mass is 35.5. The molecule has 1 aromatic carbocycles. The van der Waals surface area contributed by atoms with E-state index in [4.69, 9.17) is 11.6 Å². The summed E-state index contributed by atoms with van der Waals surface area (Å²) in [5.74, 6) is 0.812. The van der Waals surface area contributed by atoms with Crippen LogP contribution < -0.4 is 4.90 Å². The maximum Gasteiger partial charge on any atom is 0.155 e. The molecule has 0 unspecified atom stereocenters. The molecule has 3 nitrogen and oxygen atoms in total. The largest absolute Gasteiger partial charge is 0.325 e. The summed E-state index contributed by atoms with van der Waals surface area (Å²) in [7, 11) is 0. The zero-order valence-corrected chi connectivity index (χ0v) is 10.7. The Morgan fingerprint density at radius 3 is 2.33 bits per heavy atom. The van der Waals surface area contributed by atoms with E-state index >= 15 is 0 Å². The van der Waals surface area contributed by atoms with Crippen molar-refractivity contribution in [2.45, 2.75) is 12.8 Å². The van der Waals surface area contributed by atoms with Crippen molar-refractivity contribution in [3.8, 4) is 0 Å². The third kappa shape index (κ3) is 2.76. The number of halogens is 2.